The maximum absolute atomic E-state index is 12.1. The summed E-state index contributed by atoms with van der Waals surface area (Å²) in [5.74, 6) is 0.883. The van der Waals surface area contributed by atoms with Crippen LogP contribution in [0.15, 0.2) is 16.9 Å². The molecular weight excluding hydrogens is 332 g/mol. The van der Waals surface area contributed by atoms with Gasteiger partial charge in [0.1, 0.15) is 17.8 Å². The first-order valence-electron chi connectivity index (χ1n) is 7.76. The number of anilines is 2. The maximum atomic E-state index is 12.1. The van der Waals surface area contributed by atoms with Crippen molar-refractivity contribution in [2.45, 2.75) is 26.3 Å². The van der Waals surface area contributed by atoms with E-state index < -0.39 is 10.0 Å². The molecule has 0 amide bonds. The van der Waals surface area contributed by atoms with Gasteiger partial charge in [-0.1, -0.05) is 5.16 Å². The van der Waals surface area contributed by atoms with E-state index >= 15 is 0 Å². The number of rotatable bonds is 5. The quantitative estimate of drug-likeness (QED) is 0.792. The van der Waals surface area contributed by atoms with E-state index in [1.54, 1.807) is 13.0 Å². The summed E-state index contributed by atoms with van der Waals surface area (Å²) in [6, 6.07) is 1.76. The van der Waals surface area contributed by atoms with Crippen molar-refractivity contribution in [2.75, 3.05) is 29.9 Å². The zero-order valence-electron chi connectivity index (χ0n) is 13.4. The topological polar surface area (TPSA) is 127 Å². The molecule has 1 aliphatic heterocycles. The van der Waals surface area contributed by atoms with Gasteiger partial charge in [-0.05, 0) is 13.3 Å². The standard InChI is InChI=1S/C14H20N6O3S/c1-2-24(21,22)20-6-3-11-12(4-7-20)17-14(15)18-13(11)16-9-10-5-8-23-19-10/h5,8H,2-4,6-7,9H2,1H3,(H3,15,16,17,18). The average molecular weight is 352 g/mol. The Balaban J connectivity index is 1.83. The summed E-state index contributed by atoms with van der Waals surface area (Å²) in [7, 11) is -3.22. The Morgan fingerprint density at radius 2 is 2.12 bits per heavy atom. The van der Waals surface area contributed by atoms with Crippen molar-refractivity contribution in [3.63, 3.8) is 0 Å². The van der Waals surface area contributed by atoms with Crippen LogP contribution in [0.5, 0.6) is 0 Å². The minimum Gasteiger partial charge on any atom is -0.368 e. The smallest absolute Gasteiger partial charge is 0.222 e. The second kappa shape index (κ2) is 6.73. The molecule has 24 heavy (non-hydrogen) atoms. The lowest BCUT2D eigenvalue weighted by atomic mass is 10.1. The summed E-state index contributed by atoms with van der Waals surface area (Å²) >= 11 is 0. The van der Waals surface area contributed by atoms with Crippen LogP contribution in [0.1, 0.15) is 23.9 Å². The molecule has 9 nitrogen and oxygen atoms in total. The minimum absolute atomic E-state index is 0.0917. The molecule has 130 valence electrons. The molecule has 0 atom stereocenters. The molecule has 0 aliphatic carbocycles. The first-order valence-corrected chi connectivity index (χ1v) is 9.36. The molecule has 0 fully saturated rings. The number of nitrogen functional groups attached to an aromatic ring is 1. The number of hydrogen-bond donors (Lipinski definition) is 2. The Morgan fingerprint density at radius 1 is 1.33 bits per heavy atom. The molecule has 0 saturated heterocycles. The van der Waals surface area contributed by atoms with Gasteiger partial charge in [-0.3, -0.25) is 0 Å². The predicted molar refractivity (Wildman–Crippen MR) is 88.7 cm³/mol. The zero-order valence-corrected chi connectivity index (χ0v) is 14.2. The van der Waals surface area contributed by atoms with Gasteiger partial charge in [0.25, 0.3) is 0 Å². The summed E-state index contributed by atoms with van der Waals surface area (Å²) < 4.78 is 30.6. The Hall–Kier alpha value is -2.20. The van der Waals surface area contributed by atoms with Crippen LogP contribution in [0.2, 0.25) is 0 Å². The van der Waals surface area contributed by atoms with Gasteiger partial charge in [-0.15, -0.1) is 0 Å². The monoisotopic (exact) mass is 352 g/mol. The van der Waals surface area contributed by atoms with Gasteiger partial charge in [-0.25, -0.2) is 17.7 Å². The summed E-state index contributed by atoms with van der Waals surface area (Å²) in [6.07, 6.45) is 2.55. The van der Waals surface area contributed by atoms with Crippen molar-refractivity contribution in [3.05, 3.63) is 29.3 Å². The summed E-state index contributed by atoms with van der Waals surface area (Å²) in [6.45, 7) is 2.91. The molecule has 0 saturated carbocycles. The van der Waals surface area contributed by atoms with E-state index in [1.165, 1.54) is 10.6 Å². The second-order valence-corrected chi connectivity index (χ2v) is 7.76. The highest BCUT2D eigenvalue weighted by atomic mass is 32.2. The molecular formula is C14H20N6O3S. The molecule has 10 heteroatoms. The van der Waals surface area contributed by atoms with E-state index in [1.807, 2.05) is 0 Å². The highest BCUT2D eigenvalue weighted by molar-refractivity contribution is 7.89. The first-order chi connectivity index (χ1) is 11.5. The zero-order chi connectivity index (χ0) is 17.2. The summed E-state index contributed by atoms with van der Waals surface area (Å²) in [5.41, 5.74) is 8.24. The van der Waals surface area contributed by atoms with Gasteiger partial charge in [-0.2, -0.15) is 4.98 Å². The van der Waals surface area contributed by atoms with Crippen LogP contribution in [0.3, 0.4) is 0 Å². The number of hydrogen-bond acceptors (Lipinski definition) is 8. The molecule has 2 aromatic heterocycles. The molecule has 0 spiro atoms. The van der Waals surface area contributed by atoms with E-state index in [0.29, 0.717) is 38.3 Å². The first kappa shape index (κ1) is 16.7. The van der Waals surface area contributed by atoms with E-state index in [-0.39, 0.29) is 11.7 Å². The van der Waals surface area contributed by atoms with E-state index in [9.17, 15) is 8.42 Å². The third kappa shape index (κ3) is 3.49. The molecule has 2 aromatic rings. The molecule has 1 aliphatic rings. The van der Waals surface area contributed by atoms with Gasteiger partial charge in [0.15, 0.2) is 0 Å². The number of nitrogens with zero attached hydrogens (tertiary/aromatic N) is 4. The lowest BCUT2D eigenvalue weighted by Crippen LogP contribution is -2.34. The van der Waals surface area contributed by atoms with Crippen molar-refractivity contribution >= 4 is 21.8 Å². The van der Waals surface area contributed by atoms with Gasteiger partial charge < -0.3 is 15.6 Å². The molecule has 3 rings (SSSR count). The lowest BCUT2D eigenvalue weighted by molar-refractivity contribution is 0.412. The van der Waals surface area contributed by atoms with Crippen molar-refractivity contribution in [2.24, 2.45) is 0 Å². The van der Waals surface area contributed by atoms with Gasteiger partial charge in [0.2, 0.25) is 16.0 Å². The molecule has 3 heterocycles. The molecule has 0 unspecified atom stereocenters. The molecule has 0 bridgehead atoms. The van der Waals surface area contributed by atoms with Crippen molar-refractivity contribution < 1.29 is 12.9 Å². The van der Waals surface area contributed by atoms with E-state index in [2.05, 4.69) is 20.4 Å². The van der Waals surface area contributed by atoms with Gasteiger partial charge >= 0.3 is 0 Å². The van der Waals surface area contributed by atoms with Crippen LogP contribution >= 0.6 is 0 Å². The lowest BCUT2D eigenvalue weighted by Gasteiger charge is -2.18. The van der Waals surface area contributed by atoms with Crippen LogP contribution in [-0.2, 0) is 29.4 Å². The third-order valence-electron chi connectivity index (χ3n) is 4.01. The summed E-state index contributed by atoms with van der Waals surface area (Å²) in [5, 5.41) is 7.03. The van der Waals surface area contributed by atoms with Crippen molar-refractivity contribution in [1.29, 1.82) is 0 Å². The van der Waals surface area contributed by atoms with E-state index in [0.717, 1.165) is 17.0 Å². The largest absolute Gasteiger partial charge is 0.368 e. The highest BCUT2D eigenvalue weighted by Crippen LogP contribution is 2.23. The minimum atomic E-state index is -3.22. The van der Waals surface area contributed by atoms with Gasteiger partial charge in [0.05, 0.1) is 18.0 Å². The average Bonchev–Trinajstić information content (AvgIpc) is 2.98. The SMILES string of the molecule is CCS(=O)(=O)N1CCc2nc(N)nc(NCc3ccon3)c2CC1. The van der Waals surface area contributed by atoms with Crippen LogP contribution in [0.4, 0.5) is 11.8 Å². The molecule has 0 radical (unpaired) electrons. The normalized spacial score (nSPS) is 15.7. The fraction of sp³-hybridized carbons (Fsp3) is 0.500. The molecule has 0 aromatic carbocycles. The number of nitrogens with one attached hydrogen (secondary N) is 1. The number of fused-ring (bicyclic) bond motifs is 1. The fourth-order valence-corrected chi connectivity index (χ4v) is 3.81. The Labute approximate surface area is 140 Å². The van der Waals surface area contributed by atoms with Crippen molar-refractivity contribution in [1.82, 2.24) is 19.4 Å². The maximum Gasteiger partial charge on any atom is 0.222 e. The Kier molecular flexibility index (Phi) is 4.67. The van der Waals surface area contributed by atoms with Crippen LogP contribution in [0.25, 0.3) is 0 Å². The Morgan fingerprint density at radius 3 is 2.83 bits per heavy atom. The predicted octanol–water partition coefficient (Wildman–Crippen LogP) is 0.409. The Bertz CT molecular complexity index is 806. The van der Waals surface area contributed by atoms with Crippen LogP contribution in [0, 0.1) is 0 Å². The van der Waals surface area contributed by atoms with Crippen LogP contribution in [-0.4, -0.2) is 46.7 Å². The van der Waals surface area contributed by atoms with Crippen molar-refractivity contribution in [3.8, 4) is 0 Å². The van der Waals surface area contributed by atoms with Gasteiger partial charge in [0, 0.05) is 31.1 Å². The van der Waals surface area contributed by atoms with E-state index in [4.69, 9.17) is 10.3 Å². The number of nitrogens with two attached hydrogens (primary N) is 1. The van der Waals surface area contributed by atoms with Crippen LogP contribution < -0.4 is 11.1 Å². The fourth-order valence-electron chi connectivity index (χ4n) is 2.71. The number of sulfonamides is 1. The highest BCUT2D eigenvalue weighted by Gasteiger charge is 2.25. The molecule has 3 N–H and O–H groups in total. The number of aromatic nitrogens is 3. The third-order valence-corrected chi connectivity index (χ3v) is 5.89. The second-order valence-electron chi connectivity index (χ2n) is 5.50. The summed E-state index contributed by atoms with van der Waals surface area (Å²) in [4.78, 5) is 8.56.